The van der Waals surface area contributed by atoms with Crippen molar-refractivity contribution in [3.63, 3.8) is 0 Å². The van der Waals surface area contributed by atoms with Gasteiger partial charge >= 0.3 is 5.97 Å². The molecule has 0 aromatic heterocycles. The molecule has 1 aromatic carbocycles. The SMILES string of the molecule is CCC(C)Sc1cc(C)ccc1C(=O)O. The molecule has 0 amide bonds. The van der Waals surface area contributed by atoms with E-state index in [0.29, 0.717) is 10.8 Å². The van der Waals surface area contributed by atoms with Crippen LogP contribution in [0.2, 0.25) is 0 Å². The molecule has 15 heavy (non-hydrogen) atoms. The minimum atomic E-state index is -0.846. The molecule has 1 unspecified atom stereocenters. The van der Waals surface area contributed by atoms with Crippen LogP contribution >= 0.6 is 11.8 Å². The molecule has 1 N–H and O–H groups in total. The van der Waals surface area contributed by atoms with Gasteiger partial charge in [-0.1, -0.05) is 19.9 Å². The van der Waals surface area contributed by atoms with Crippen molar-refractivity contribution >= 4 is 17.7 Å². The van der Waals surface area contributed by atoms with E-state index < -0.39 is 5.97 Å². The summed E-state index contributed by atoms with van der Waals surface area (Å²) in [6.45, 7) is 6.19. The van der Waals surface area contributed by atoms with Crippen LogP contribution in [0.15, 0.2) is 23.1 Å². The molecule has 0 saturated carbocycles. The number of benzene rings is 1. The summed E-state index contributed by atoms with van der Waals surface area (Å²) in [5.74, 6) is -0.846. The Kier molecular flexibility index (Phi) is 4.21. The number of carbonyl (C=O) groups is 1. The van der Waals surface area contributed by atoms with Crippen molar-refractivity contribution in [1.29, 1.82) is 0 Å². The Morgan fingerprint density at radius 1 is 1.53 bits per heavy atom. The lowest BCUT2D eigenvalue weighted by Gasteiger charge is -2.11. The van der Waals surface area contributed by atoms with Gasteiger partial charge in [-0.15, -0.1) is 11.8 Å². The van der Waals surface area contributed by atoms with E-state index >= 15 is 0 Å². The van der Waals surface area contributed by atoms with E-state index in [9.17, 15) is 4.79 Å². The Hall–Kier alpha value is -0.960. The maximum Gasteiger partial charge on any atom is 0.336 e. The maximum atomic E-state index is 11.0. The Bertz CT molecular complexity index is 361. The van der Waals surface area contributed by atoms with E-state index in [1.54, 1.807) is 17.8 Å². The topological polar surface area (TPSA) is 37.3 Å². The van der Waals surface area contributed by atoms with Crippen molar-refractivity contribution in [2.75, 3.05) is 0 Å². The summed E-state index contributed by atoms with van der Waals surface area (Å²) in [6, 6.07) is 5.47. The summed E-state index contributed by atoms with van der Waals surface area (Å²) in [7, 11) is 0. The van der Waals surface area contributed by atoms with E-state index in [-0.39, 0.29) is 0 Å². The number of hydrogen-bond acceptors (Lipinski definition) is 2. The lowest BCUT2D eigenvalue weighted by molar-refractivity contribution is 0.0693. The number of aromatic carboxylic acids is 1. The lowest BCUT2D eigenvalue weighted by Crippen LogP contribution is -2.01. The zero-order valence-electron chi connectivity index (χ0n) is 9.28. The molecule has 0 heterocycles. The summed E-state index contributed by atoms with van der Waals surface area (Å²) in [4.78, 5) is 11.9. The summed E-state index contributed by atoms with van der Waals surface area (Å²) in [5.41, 5.74) is 1.51. The minimum Gasteiger partial charge on any atom is -0.478 e. The van der Waals surface area contributed by atoms with Gasteiger partial charge in [0.15, 0.2) is 0 Å². The van der Waals surface area contributed by atoms with Gasteiger partial charge < -0.3 is 5.11 Å². The van der Waals surface area contributed by atoms with Crippen LogP contribution in [0.25, 0.3) is 0 Å². The molecule has 3 heteroatoms. The molecule has 0 saturated heterocycles. The van der Waals surface area contributed by atoms with Crippen LogP contribution < -0.4 is 0 Å². The van der Waals surface area contributed by atoms with E-state index in [1.807, 2.05) is 19.1 Å². The molecular weight excluding hydrogens is 208 g/mol. The van der Waals surface area contributed by atoms with Crippen LogP contribution in [0, 0.1) is 6.92 Å². The second-order valence-electron chi connectivity index (χ2n) is 3.64. The van der Waals surface area contributed by atoms with Crippen molar-refractivity contribution in [2.24, 2.45) is 0 Å². The Balaban J connectivity index is 3.02. The van der Waals surface area contributed by atoms with Gasteiger partial charge in [-0.05, 0) is 31.0 Å². The van der Waals surface area contributed by atoms with Crippen molar-refractivity contribution in [3.8, 4) is 0 Å². The Morgan fingerprint density at radius 3 is 2.73 bits per heavy atom. The molecule has 0 spiro atoms. The molecule has 0 aliphatic carbocycles. The smallest absolute Gasteiger partial charge is 0.336 e. The first-order chi connectivity index (χ1) is 7.04. The Labute approximate surface area is 94.7 Å². The van der Waals surface area contributed by atoms with E-state index in [4.69, 9.17) is 5.11 Å². The van der Waals surface area contributed by atoms with Gasteiger partial charge in [-0.3, -0.25) is 0 Å². The van der Waals surface area contributed by atoms with Crippen molar-refractivity contribution in [3.05, 3.63) is 29.3 Å². The normalized spacial score (nSPS) is 12.5. The highest BCUT2D eigenvalue weighted by Crippen LogP contribution is 2.29. The van der Waals surface area contributed by atoms with Crippen molar-refractivity contribution in [1.82, 2.24) is 0 Å². The fourth-order valence-electron chi connectivity index (χ4n) is 1.20. The number of hydrogen-bond donors (Lipinski definition) is 1. The molecule has 1 rings (SSSR count). The standard InChI is InChI=1S/C12H16O2S/c1-4-9(3)15-11-7-8(2)5-6-10(11)12(13)14/h5-7,9H,4H2,1-3H3,(H,13,14). The van der Waals surface area contributed by atoms with Gasteiger partial charge in [0.05, 0.1) is 5.56 Å². The van der Waals surface area contributed by atoms with Crippen LogP contribution in [0.4, 0.5) is 0 Å². The van der Waals surface area contributed by atoms with Gasteiger partial charge in [0.1, 0.15) is 0 Å². The number of carboxylic acid groups (broad SMARTS) is 1. The first-order valence-corrected chi connectivity index (χ1v) is 5.93. The molecule has 0 radical (unpaired) electrons. The monoisotopic (exact) mass is 224 g/mol. The number of thioether (sulfide) groups is 1. The van der Waals surface area contributed by atoms with E-state index in [0.717, 1.165) is 16.9 Å². The summed E-state index contributed by atoms with van der Waals surface area (Å²) in [5, 5.41) is 9.48. The van der Waals surface area contributed by atoms with Crippen LogP contribution in [0.3, 0.4) is 0 Å². The summed E-state index contributed by atoms with van der Waals surface area (Å²) >= 11 is 1.63. The second-order valence-corrected chi connectivity index (χ2v) is 5.12. The molecule has 2 nitrogen and oxygen atoms in total. The van der Waals surface area contributed by atoms with Crippen molar-refractivity contribution < 1.29 is 9.90 Å². The van der Waals surface area contributed by atoms with Crippen LogP contribution in [-0.2, 0) is 0 Å². The van der Waals surface area contributed by atoms with Gasteiger partial charge in [0.2, 0.25) is 0 Å². The lowest BCUT2D eigenvalue weighted by atomic mass is 10.1. The van der Waals surface area contributed by atoms with Gasteiger partial charge in [-0.2, -0.15) is 0 Å². The minimum absolute atomic E-state index is 0.408. The molecular formula is C12H16O2S. The second kappa shape index (κ2) is 5.21. The third-order valence-electron chi connectivity index (χ3n) is 2.27. The molecule has 82 valence electrons. The average Bonchev–Trinajstić information content (AvgIpc) is 2.17. The molecule has 0 aliphatic heterocycles. The third-order valence-corrected chi connectivity index (χ3v) is 3.60. The molecule has 0 bridgehead atoms. The largest absolute Gasteiger partial charge is 0.478 e. The fourth-order valence-corrected chi connectivity index (χ4v) is 2.34. The number of aryl methyl sites for hydroxylation is 1. The highest BCUT2D eigenvalue weighted by molar-refractivity contribution is 8.00. The molecule has 0 fully saturated rings. The van der Waals surface area contributed by atoms with Crippen LogP contribution in [0.5, 0.6) is 0 Å². The first kappa shape index (κ1) is 12.1. The first-order valence-electron chi connectivity index (χ1n) is 5.05. The average molecular weight is 224 g/mol. The fraction of sp³-hybridized carbons (Fsp3) is 0.417. The van der Waals surface area contributed by atoms with E-state index in [2.05, 4.69) is 13.8 Å². The van der Waals surface area contributed by atoms with Crippen LogP contribution in [0.1, 0.15) is 36.2 Å². The highest BCUT2D eigenvalue weighted by Gasteiger charge is 2.12. The van der Waals surface area contributed by atoms with Gasteiger partial charge in [-0.25, -0.2) is 4.79 Å². The maximum absolute atomic E-state index is 11.0. The third kappa shape index (κ3) is 3.27. The predicted molar refractivity (Wildman–Crippen MR) is 63.7 cm³/mol. The summed E-state index contributed by atoms with van der Waals surface area (Å²) < 4.78 is 0. The van der Waals surface area contributed by atoms with Gasteiger partial charge in [0, 0.05) is 10.1 Å². The molecule has 0 aliphatic rings. The highest BCUT2D eigenvalue weighted by atomic mass is 32.2. The van der Waals surface area contributed by atoms with Gasteiger partial charge in [0.25, 0.3) is 0 Å². The molecule has 1 aromatic rings. The predicted octanol–water partition coefficient (Wildman–Crippen LogP) is 3.58. The quantitative estimate of drug-likeness (QED) is 0.794. The molecule has 1 atom stereocenters. The number of carboxylic acids is 1. The number of rotatable bonds is 4. The Morgan fingerprint density at radius 2 is 2.20 bits per heavy atom. The zero-order valence-corrected chi connectivity index (χ0v) is 10.1. The zero-order chi connectivity index (χ0) is 11.4. The van der Waals surface area contributed by atoms with E-state index in [1.165, 1.54) is 0 Å². The van der Waals surface area contributed by atoms with Crippen molar-refractivity contribution in [2.45, 2.75) is 37.3 Å². The van der Waals surface area contributed by atoms with Crippen LogP contribution in [-0.4, -0.2) is 16.3 Å². The summed E-state index contributed by atoms with van der Waals surface area (Å²) in [6.07, 6.45) is 1.04.